The fourth-order valence-electron chi connectivity index (χ4n) is 3.39. The normalized spacial score (nSPS) is 18.1. The molecule has 0 bridgehead atoms. The summed E-state index contributed by atoms with van der Waals surface area (Å²) in [5, 5.41) is 9.78. The SMILES string of the molecule is Cc1cccc(C2(C(=O)NC(C)c3ncn[nH]3)CCCC2)c1. The highest BCUT2D eigenvalue weighted by Gasteiger charge is 2.43. The first-order valence-electron chi connectivity index (χ1n) is 7.85. The summed E-state index contributed by atoms with van der Waals surface area (Å²) in [6.45, 7) is 4.00. The molecule has 5 nitrogen and oxygen atoms in total. The van der Waals surface area contributed by atoms with Crippen molar-refractivity contribution in [1.29, 1.82) is 0 Å². The first kappa shape index (κ1) is 14.8. The van der Waals surface area contributed by atoms with E-state index in [1.807, 2.05) is 13.0 Å². The number of H-pyrrole nitrogens is 1. The van der Waals surface area contributed by atoms with Gasteiger partial charge in [-0.3, -0.25) is 9.89 Å². The quantitative estimate of drug-likeness (QED) is 0.911. The molecule has 0 radical (unpaired) electrons. The Bertz CT molecular complexity index is 644. The highest BCUT2D eigenvalue weighted by molar-refractivity contribution is 5.88. The number of nitrogens with one attached hydrogen (secondary N) is 2. The molecule has 2 N–H and O–H groups in total. The van der Waals surface area contributed by atoms with Crippen LogP contribution in [0, 0.1) is 6.92 Å². The van der Waals surface area contributed by atoms with Gasteiger partial charge in [0.15, 0.2) is 0 Å². The van der Waals surface area contributed by atoms with Crippen LogP contribution in [0.1, 0.15) is 55.6 Å². The first-order valence-corrected chi connectivity index (χ1v) is 7.85. The number of carbonyl (C=O) groups is 1. The lowest BCUT2D eigenvalue weighted by Gasteiger charge is -2.30. The molecule has 22 heavy (non-hydrogen) atoms. The molecule has 1 unspecified atom stereocenters. The van der Waals surface area contributed by atoms with Gasteiger partial charge in [0.25, 0.3) is 0 Å². The third-order valence-corrected chi connectivity index (χ3v) is 4.65. The van der Waals surface area contributed by atoms with Crippen LogP contribution in [0.25, 0.3) is 0 Å². The summed E-state index contributed by atoms with van der Waals surface area (Å²) in [6, 6.07) is 8.16. The molecule has 5 heteroatoms. The van der Waals surface area contributed by atoms with Crippen LogP contribution in [-0.4, -0.2) is 21.1 Å². The Morgan fingerprint density at radius 3 is 2.77 bits per heavy atom. The third kappa shape index (κ3) is 2.63. The smallest absolute Gasteiger partial charge is 0.231 e. The van der Waals surface area contributed by atoms with Crippen molar-refractivity contribution >= 4 is 5.91 Å². The zero-order valence-corrected chi connectivity index (χ0v) is 13.1. The lowest BCUT2D eigenvalue weighted by Crippen LogP contribution is -2.43. The topological polar surface area (TPSA) is 70.7 Å². The first-order chi connectivity index (χ1) is 10.6. The van der Waals surface area contributed by atoms with Crippen molar-refractivity contribution in [2.75, 3.05) is 0 Å². The van der Waals surface area contributed by atoms with Crippen LogP contribution in [-0.2, 0) is 10.2 Å². The van der Waals surface area contributed by atoms with E-state index in [0.29, 0.717) is 5.82 Å². The molecule has 1 aromatic carbocycles. The number of aromatic nitrogens is 3. The molecule has 2 aromatic rings. The lowest BCUT2D eigenvalue weighted by molar-refractivity contribution is -0.127. The minimum absolute atomic E-state index is 0.0968. The van der Waals surface area contributed by atoms with Crippen LogP contribution in [0.2, 0.25) is 0 Å². The number of aryl methyl sites for hydroxylation is 1. The van der Waals surface area contributed by atoms with E-state index in [9.17, 15) is 4.79 Å². The van der Waals surface area contributed by atoms with E-state index >= 15 is 0 Å². The van der Waals surface area contributed by atoms with Crippen molar-refractivity contribution in [2.24, 2.45) is 0 Å². The monoisotopic (exact) mass is 298 g/mol. The van der Waals surface area contributed by atoms with Gasteiger partial charge in [0.2, 0.25) is 5.91 Å². The van der Waals surface area contributed by atoms with E-state index < -0.39 is 5.41 Å². The van der Waals surface area contributed by atoms with Crippen LogP contribution in [0.3, 0.4) is 0 Å². The zero-order valence-electron chi connectivity index (χ0n) is 13.1. The Kier molecular flexibility index (Phi) is 3.96. The zero-order chi connectivity index (χ0) is 15.6. The number of aromatic amines is 1. The van der Waals surface area contributed by atoms with Crippen molar-refractivity contribution in [3.63, 3.8) is 0 Å². The van der Waals surface area contributed by atoms with Crippen LogP contribution in [0.4, 0.5) is 0 Å². The molecule has 116 valence electrons. The summed E-state index contributed by atoms with van der Waals surface area (Å²) < 4.78 is 0. The highest BCUT2D eigenvalue weighted by Crippen LogP contribution is 2.42. The number of hydrogen-bond acceptors (Lipinski definition) is 3. The number of nitrogens with zero attached hydrogens (tertiary/aromatic N) is 2. The molecule has 1 heterocycles. The molecule has 1 aliphatic rings. The van der Waals surface area contributed by atoms with Gasteiger partial charge in [-0.05, 0) is 32.3 Å². The largest absolute Gasteiger partial charge is 0.346 e. The van der Waals surface area contributed by atoms with Crippen molar-refractivity contribution in [3.05, 3.63) is 47.5 Å². The summed E-state index contributed by atoms with van der Waals surface area (Å²) >= 11 is 0. The Labute approximate surface area is 130 Å². The minimum Gasteiger partial charge on any atom is -0.346 e. The van der Waals surface area contributed by atoms with Gasteiger partial charge in [-0.1, -0.05) is 42.7 Å². The summed E-state index contributed by atoms with van der Waals surface area (Å²) in [7, 11) is 0. The second-order valence-electron chi connectivity index (χ2n) is 6.22. The maximum atomic E-state index is 13.0. The Hall–Kier alpha value is -2.17. The predicted octanol–water partition coefficient (Wildman–Crippen LogP) is 2.80. The molecule has 1 fully saturated rings. The van der Waals surface area contributed by atoms with Gasteiger partial charge in [-0.2, -0.15) is 5.10 Å². The fourth-order valence-corrected chi connectivity index (χ4v) is 3.39. The van der Waals surface area contributed by atoms with Crippen molar-refractivity contribution in [1.82, 2.24) is 20.5 Å². The van der Waals surface area contributed by atoms with Crippen LogP contribution >= 0.6 is 0 Å². The Morgan fingerprint density at radius 1 is 1.36 bits per heavy atom. The van der Waals surface area contributed by atoms with E-state index in [2.05, 4.69) is 45.6 Å². The molecule has 3 rings (SSSR count). The average molecular weight is 298 g/mol. The molecule has 0 saturated heterocycles. The maximum Gasteiger partial charge on any atom is 0.231 e. The van der Waals surface area contributed by atoms with E-state index in [4.69, 9.17) is 0 Å². The molecule has 0 aliphatic heterocycles. The van der Waals surface area contributed by atoms with Gasteiger partial charge in [-0.25, -0.2) is 4.98 Å². The van der Waals surface area contributed by atoms with Gasteiger partial charge in [-0.15, -0.1) is 0 Å². The summed E-state index contributed by atoms with van der Waals surface area (Å²) in [6.07, 6.45) is 5.47. The number of amides is 1. The number of benzene rings is 1. The van der Waals surface area contributed by atoms with Gasteiger partial charge >= 0.3 is 0 Å². The molecule has 1 aliphatic carbocycles. The molecular weight excluding hydrogens is 276 g/mol. The molecule has 1 amide bonds. The average Bonchev–Trinajstić information content (AvgIpc) is 3.19. The Morgan fingerprint density at radius 2 is 2.14 bits per heavy atom. The standard InChI is InChI=1S/C17H22N4O/c1-12-6-5-7-14(10-12)17(8-3-4-9-17)16(22)20-13(2)15-18-11-19-21-15/h5-7,10-11,13H,3-4,8-9H2,1-2H3,(H,20,22)(H,18,19,21). The van der Waals surface area contributed by atoms with E-state index in [1.54, 1.807) is 0 Å². The minimum atomic E-state index is -0.402. The van der Waals surface area contributed by atoms with E-state index in [0.717, 1.165) is 31.2 Å². The fraction of sp³-hybridized carbons (Fsp3) is 0.471. The molecule has 1 aromatic heterocycles. The van der Waals surface area contributed by atoms with E-state index in [-0.39, 0.29) is 11.9 Å². The molecular formula is C17H22N4O. The number of hydrogen-bond donors (Lipinski definition) is 2. The summed E-state index contributed by atoms with van der Waals surface area (Å²) in [5.41, 5.74) is 1.92. The van der Waals surface area contributed by atoms with Gasteiger partial charge in [0.05, 0.1) is 11.5 Å². The lowest BCUT2D eigenvalue weighted by atomic mass is 9.77. The molecule has 1 saturated carbocycles. The molecule has 0 spiro atoms. The number of carbonyl (C=O) groups excluding carboxylic acids is 1. The van der Waals surface area contributed by atoms with E-state index in [1.165, 1.54) is 11.9 Å². The third-order valence-electron chi connectivity index (χ3n) is 4.65. The highest BCUT2D eigenvalue weighted by atomic mass is 16.2. The van der Waals surface area contributed by atoms with Crippen molar-refractivity contribution in [2.45, 2.75) is 51.0 Å². The summed E-state index contributed by atoms with van der Waals surface area (Å²) in [5.74, 6) is 0.783. The Balaban J connectivity index is 1.86. The number of rotatable bonds is 4. The van der Waals surface area contributed by atoms with Crippen LogP contribution in [0.15, 0.2) is 30.6 Å². The van der Waals surface area contributed by atoms with Crippen LogP contribution in [0.5, 0.6) is 0 Å². The predicted molar refractivity (Wildman–Crippen MR) is 84.3 cm³/mol. The molecule has 1 atom stereocenters. The van der Waals surface area contributed by atoms with Crippen LogP contribution < -0.4 is 5.32 Å². The van der Waals surface area contributed by atoms with Gasteiger partial charge in [0, 0.05) is 0 Å². The van der Waals surface area contributed by atoms with Crippen molar-refractivity contribution < 1.29 is 4.79 Å². The van der Waals surface area contributed by atoms with Gasteiger partial charge < -0.3 is 5.32 Å². The second kappa shape index (κ2) is 5.91. The summed E-state index contributed by atoms with van der Waals surface area (Å²) in [4.78, 5) is 17.1. The van der Waals surface area contributed by atoms with Gasteiger partial charge in [0.1, 0.15) is 12.2 Å². The van der Waals surface area contributed by atoms with Crippen molar-refractivity contribution in [3.8, 4) is 0 Å². The maximum absolute atomic E-state index is 13.0. The second-order valence-corrected chi connectivity index (χ2v) is 6.22.